The number of aromatic nitrogens is 3. The number of hydrogen-bond acceptors (Lipinski definition) is 7. The monoisotopic (exact) mass is 437 g/mol. The van der Waals surface area contributed by atoms with Gasteiger partial charge in [-0.1, -0.05) is 23.5 Å². The molecule has 2 aliphatic rings. The van der Waals surface area contributed by atoms with Gasteiger partial charge in [-0.2, -0.15) is 0 Å². The van der Waals surface area contributed by atoms with Crippen LogP contribution in [0.4, 0.5) is 5.82 Å². The predicted molar refractivity (Wildman–Crippen MR) is 122 cm³/mol. The van der Waals surface area contributed by atoms with Crippen molar-refractivity contribution in [3.8, 4) is 10.6 Å². The van der Waals surface area contributed by atoms with Gasteiger partial charge in [-0.05, 0) is 63.2 Å². The van der Waals surface area contributed by atoms with Crippen molar-refractivity contribution in [2.75, 3.05) is 31.6 Å². The Kier molecular flexibility index (Phi) is 5.93. The van der Waals surface area contributed by atoms with Crippen molar-refractivity contribution in [3.05, 3.63) is 35.5 Å². The number of pyridine rings is 1. The Bertz CT molecular complexity index is 1070. The Morgan fingerprint density at radius 2 is 1.90 bits per heavy atom. The number of anilines is 1. The lowest BCUT2D eigenvalue weighted by Crippen LogP contribution is -2.45. The third kappa shape index (κ3) is 4.61. The van der Waals surface area contributed by atoms with Gasteiger partial charge in [-0.25, -0.2) is 4.98 Å². The summed E-state index contributed by atoms with van der Waals surface area (Å²) in [6.07, 6.45) is 5.83. The summed E-state index contributed by atoms with van der Waals surface area (Å²) in [7, 11) is 0. The van der Waals surface area contributed by atoms with Crippen molar-refractivity contribution in [2.45, 2.75) is 38.6 Å². The molecule has 0 bridgehead atoms. The molecule has 0 atom stereocenters. The highest BCUT2D eigenvalue weighted by Gasteiger charge is 2.29. The number of amides is 1. The van der Waals surface area contributed by atoms with Crippen molar-refractivity contribution >= 4 is 33.8 Å². The minimum Gasteiger partial charge on any atom is -0.381 e. The van der Waals surface area contributed by atoms with Gasteiger partial charge in [0.15, 0.2) is 0 Å². The number of carbonyl (C=O) groups excluding carboxylic acids is 1. The summed E-state index contributed by atoms with van der Waals surface area (Å²) in [5.74, 6) is 0.730. The van der Waals surface area contributed by atoms with Crippen molar-refractivity contribution < 1.29 is 9.53 Å². The Morgan fingerprint density at radius 3 is 2.65 bits per heavy atom. The first-order valence-corrected chi connectivity index (χ1v) is 11.8. The molecular formula is C23H27N5O2S. The number of rotatable bonds is 4. The second-order valence-corrected chi connectivity index (χ2v) is 9.58. The lowest BCUT2D eigenvalue weighted by molar-refractivity contribution is -0.121. The van der Waals surface area contributed by atoms with Gasteiger partial charge in [-0.3, -0.25) is 4.79 Å². The largest absolute Gasteiger partial charge is 0.381 e. The van der Waals surface area contributed by atoms with Gasteiger partial charge in [-0.15, -0.1) is 10.2 Å². The molecular weight excluding hydrogens is 410 g/mol. The number of fused-ring (bicyclic) bond motifs is 1. The van der Waals surface area contributed by atoms with Gasteiger partial charge in [0.1, 0.15) is 15.8 Å². The van der Waals surface area contributed by atoms with Gasteiger partial charge < -0.3 is 15.0 Å². The zero-order valence-corrected chi connectivity index (χ0v) is 18.5. The third-order valence-corrected chi connectivity index (χ3v) is 7.24. The minimum absolute atomic E-state index is 0.0456. The van der Waals surface area contributed by atoms with Crippen LogP contribution in [0.1, 0.15) is 30.7 Å². The number of likely N-dealkylation sites (tertiary alicyclic amines) is 1. The van der Waals surface area contributed by atoms with Crippen LogP contribution in [0.3, 0.4) is 0 Å². The van der Waals surface area contributed by atoms with E-state index in [1.807, 2.05) is 31.3 Å². The fraction of sp³-hybridized carbons (Fsp3) is 0.478. The van der Waals surface area contributed by atoms with E-state index in [2.05, 4.69) is 31.5 Å². The third-order valence-electron chi connectivity index (χ3n) is 6.35. The van der Waals surface area contributed by atoms with Crippen molar-refractivity contribution in [1.82, 2.24) is 20.1 Å². The van der Waals surface area contributed by atoms with E-state index in [1.54, 1.807) is 11.3 Å². The fourth-order valence-electron chi connectivity index (χ4n) is 4.56. The van der Waals surface area contributed by atoms with Crippen LogP contribution in [0.2, 0.25) is 0 Å². The molecule has 2 aromatic heterocycles. The van der Waals surface area contributed by atoms with Crippen LogP contribution >= 0.6 is 11.3 Å². The lowest BCUT2D eigenvalue weighted by atomic mass is 9.93. The van der Waals surface area contributed by atoms with Crippen LogP contribution < -0.4 is 5.32 Å². The van der Waals surface area contributed by atoms with Gasteiger partial charge in [0.2, 0.25) is 5.91 Å². The Balaban J connectivity index is 1.24. The molecule has 0 unspecified atom stereocenters. The topological polar surface area (TPSA) is 80.2 Å². The van der Waals surface area contributed by atoms with E-state index in [-0.39, 0.29) is 11.8 Å². The molecule has 162 valence electrons. The molecule has 0 aliphatic carbocycles. The number of benzene rings is 1. The average Bonchev–Trinajstić information content (AvgIpc) is 3.25. The summed E-state index contributed by atoms with van der Waals surface area (Å²) in [6, 6.07) is 8.72. The molecule has 2 aliphatic heterocycles. The molecule has 8 heteroatoms. The average molecular weight is 438 g/mol. The van der Waals surface area contributed by atoms with E-state index >= 15 is 0 Å². The van der Waals surface area contributed by atoms with Crippen LogP contribution in [0, 0.1) is 12.8 Å². The highest BCUT2D eigenvalue weighted by atomic mass is 32.1. The van der Waals surface area contributed by atoms with E-state index in [9.17, 15) is 4.79 Å². The standard InChI is InChI=1S/C23H27N5O2S/c1-15-26-27-23(31-15)17-2-3-18-14-24-21(13-19(18)12-17)25-22(29)16-4-8-28(9-5-16)20-6-10-30-11-7-20/h2-3,12-14,16,20H,4-11H2,1H3,(H,24,25,29). The molecule has 31 heavy (non-hydrogen) atoms. The van der Waals surface area contributed by atoms with E-state index in [0.29, 0.717) is 11.9 Å². The molecule has 4 heterocycles. The summed E-state index contributed by atoms with van der Waals surface area (Å²) >= 11 is 1.57. The Hall–Kier alpha value is -2.42. The van der Waals surface area contributed by atoms with Gasteiger partial charge >= 0.3 is 0 Å². The molecule has 3 aromatic rings. The molecule has 7 nitrogen and oxygen atoms in total. The van der Waals surface area contributed by atoms with Crippen LogP contribution in [0.15, 0.2) is 30.5 Å². The Labute approximate surface area is 185 Å². The molecule has 0 spiro atoms. The second-order valence-electron chi connectivity index (χ2n) is 8.40. The highest BCUT2D eigenvalue weighted by Crippen LogP contribution is 2.28. The van der Waals surface area contributed by atoms with Crippen molar-refractivity contribution in [2.24, 2.45) is 5.92 Å². The quantitative estimate of drug-likeness (QED) is 0.667. The number of nitrogens with zero attached hydrogens (tertiary/aromatic N) is 4. The van der Waals surface area contributed by atoms with Crippen LogP contribution in [-0.4, -0.2) is 58.3 Å². The first-order chi connectivity index (χ1) is 15.2. The molecule has 2 fully saturated rings. The number of piperidine rings is 1. The molecule has 0 radical (unpaired) electrons. The first kappa shape index (κ1) is 20.5. The number of hydrogen-bond donors (Lipinski definition) is 1. The number of nitrogens with one attached hydrogen (secondary N) is 1. The van der Waals surface area contributed by atoms with E-state index in [4.69, 9.17) is 4.74 Å². The molecule has 1 amide bonds. The summed E-state index contributed by atoms with van der Waals surface area (Å²) in [5.41, 5.74) is 1.03. The molecule has 1 aromatic carbocycles. The summed E-state index contributed by atoms with van der Waals surface area (Å²) in [6.45, 7) is 5.64. The lowest BCUT2D eigenvalue weighted by Gasteiger charge is -2.38. The maximum absolute atomic E-state index is 12.9. The number of carbonyl (C=O) groups is 1. The van der Waals surface area contributed by atoms with Crippen LogP contribution in [-0.2, 0) is 9.53 Å². The number of ether oxygens (including phenoxy) is 1. The highest BCUT2D eigenvalue weighted by molar-refractivity contribution is 7.14. The second kappa shape index (κ2) is 8.98. The van der Waals surface area contributed by atoms with Crippen molar-refractivity contribution in [1.29, 1.82) is 0 Å². The summed E-state index contributed by atoms with van der Waals surface area (Å²) in [4.78, 5) is 19.9. The van der Waals surface area contributed by atoms with Crippen LogP contribution in [0.25, 0.3) is 21.3 Å². The SMILES string of the molecule is Cc1nnc(-c2ccc3cnc(NC(=O)C4CCN(C5CCOCC5)CC4)cc3c2)s1. The maximum Gasteiger partial charge on any atom is 0.228 e. The van der Waals surface area contributed by atoms with Crippen LogP contribution in [0.5, 0.6) is 0 Å². The molecule has 5 rings (SSSR count). The Morgan fingerprint density at radius 1 is 1.10 bits per heavy atom. The molecule has 2 saturated heterocycles. The number of aryl methyl sites for hydroxylation is 1. The smallest absolute Gasteiger partial charge is 0.228 e. The zero-order valence-electron chi connectivity index (χ0n) is 17.7. The predicted octanol–water partition coefficient (Wildman–Crippen LogP) is 3.89. The normalized spacial score (nSPS) is 19.0. The van der Waals surface area contributed by atoms with Crippen molar-refractivity contribution in [3.63, 3.8) is 0 Å². The fourth-order valence-corrected chi connectivity index (χ4v) is 5.25. The van der Waals surface area contributed by atoms with Gasteiger partial charge in [0.25, 0.3) is 0 Å². The molecule has 1 N–H and O–H groups in total. The summed E-state index contributed by atoms with van der Waals surface area (Å²) < 4.78 is 5.48. The zero-order chi connectivity index (χ0) is 21.2. The maximum atomic E-state index is 12.9. The summed E-state index contributed by atoms with van der Waals surface area (Å²) in [5, 5.41) is 15.3. The van der Waals surface area contributed by atoms with E-state index < -0.39 is 0 Å². The first-order valence-electron chi connectivity index (χ1n) is 11.0. The van der Waals surface area contributed by atoms with E-state index in [1.165, 1.54) is 0 Å². The molecule has 0 saturated carbocycles. The minimum atomic E-state index is 0.0456. The van der Waals surface area contributed by atoms with Gasteiger partial charge in [0, 0.05) is 42.3 Å². The van der Waals surface area contributed by atoms with Gasteiger partial charge in [0.05, 0.1) is 0 Å². The van der Waals surface area contributed by atoms with E-state index in [0.717, 1.165) is 78.3 Å².